The number of amides is 1. The molecule has 20 heavy (non-hydrogen) atoms. The number of carbonyl (C=O) groups excluding carboxylic acids is 1. The maximum absolute atomic E-state index is 12.2. The zero-order valence-electron chi connectivity index (χ0n) is 11.9. The van der Waals surface area contributed by atoms with Gasteiger partial charge in [-0.1, -0.05) is 26.0 Å². The van der Waals surface area contributed by atoms with Gasteiger partial charge < -0.3 is 10.4 Å². The number of rotatable bonds is 6. The molecule has 0 bridgehead atoms. The zero-order chi connectivity index (χ0) is 15.3. The predicted molar refractivity (Wildman–Crippen MR) is 86.8 cm³/mol. The summed E-state index contributed by atoms with van der Waals surface area (Å²) in [5, 5.41) is 11.9. The van der Waals surface area contributed by atoms with E-state index in [0.29, 0.717) is 12.0 Å². The molecule has 0 heterocycles. The van der Waals surface area contributed by atoms with Gasteiger partial charge in [-0.3, -0.25) is 9.59 Å². The van der Waals surface area contributed by atoms with Crippen molar-refractivity contribution in [1.82, 2.24) is 5.32 Å². The molecule has 0 aliphatic heterocycles. The third-order valence-corrected chi connectivity index (χ3v) is 3.96. The van der Waals surface area contributed by atoms with E-state index in [0.717, 1.165) is 9.13 Å². The Kier molecular flexibility index (Phi) is 6.45. The molecule has 5 heteroatoms. The number of hydrogen-bond acceptors (Lipinski definition) is 2. The molecule has 4 nitrogen and oxygen atoms in total. The number of aryl methyl sites for hydroxylation is 1. The van der Waals surface area contributed by atoms with Gasteiger partial charge >= 0.3 is 5.97 Å². The molecule has 1 aromatic rings. The lowest BCUT2D eigenvalue weighted by Gasteiger charge is -2.16. The summed E-state index contributed by atoms with van der Waals surface area (Å²) >= 11 is 2.11. The molecule has 0 saturated heterocycles. The van der Waals surface area contributed by atoms with E-state index in [9.17, 15) is 9.59 Å². The van der Waals surface area contributed by atoms with Crippen LogP contribution in [0.2, 0.25) is 0 Å². The van der Waals surface area contributed by atoms with E-state index in [1.165, 1.54) is 0 Å². The lowest BCUT2D eigenvalue weighted by Crippen LogP contribution is -2.34. The number of halogens is 1. The van der Waals surface area contributed by atoms with Gasteiger partial charge in [-0.15, -0.1) is 0 Å². The molecule has 0 aliphatic carbocycles. The van der Waals surface area contributed by atoms with Crippen LogP contribution in [0.15, 0.2) is 18.2 Å². The topological polar surface area (TPSA) is 66.4 Å². The van der Waals surface area contributed by atoms with Crippen molar-refractivity contribution in [3.05, 3.63) is 32.9 Å². The molecule has 0 aromatic heterocycles. The number of benzene rings is 1. The number of carboxylic acid groups (broad SMARTS) is 1. The Morgan fingerprint density at radius 3 is 2.50 bits per heavy atom. The van der Waals surface area contributed by atoms with Crippen molar-refractivity contribution in [1.29, 1.82) is 0 Å². The normalized spacial score (nSPS) is 12.2. The predicted octanol–water partition coefficient (Wildman–Crippen LogP) is 3.08. The van der Waals surface area contributed by atoms with E-state index in [1.807, 2.05) is 39.0 Å². The van der Waals surface area contributed by atoms with Crippen LogP contribution in [0.1, 0.15) is 36.2 Å². The van der Waals surface area contributed by atoms with Crippen molar-refractivity contribution in [2.45, 2.75) is 27.2 Å². The van der Waals surface area contributed by atoms with Crippen LogP contribution >= 0.6 is 22.6 Å². The number of carboxylic acids is 1. The van der Waals surface area contributed by atoms with Crippen molar-refractivity contribution in [2.75, 3.05) is 6.54 Å². The second-order valence-electron chi connectivity index (χ2n) is 5.31. The number of aliphatic carboxylic acids is 1. The lowest BCUT2D eigenvalue weighted by atomic mass is 9.97. The minimum atomic E-state index is -0.863. The molecular formula is C15H20INO3. The first-order valence-corrected chi connectivity index (χ1v) is 7.67. The van der Waals surface area contributed by atoms with Gasteiger partial charge in [-0.05, 0) is 53.5 Å². The van der Waals surface area contributed by atoms with Crippen molar-refractivity contribution in [3.63, 3.8) is 0 Å². The van der Waals surface area contributed by atoms with E-state index in [-0.39, 0.29) is 18.4 Å². The van der Waals surface area contributed by atoms with Crippen LogP contribution < -0.4 is 5.32 Å². The van der Waals surface area contributed by atoms with E-state index in [2.05, 4.69) is 27.9 Å². The minimum absolute atomic E-state index is 0.163. The summed E-state index contributed by atoms with van der Waals surface area (Å²) in [4.78, 5) is 23.4. The molecule has 110 valence electrons. The van der Waals surface area contributed by atoms with Crippen LogP contribution in [0.3, 0.4) is 0 Å². The summed E-state index contributed by atoms with van der Waals surface area (Å²) in [7, 11) is 0. The standard InChI is InChI=1S/C15H20INO3/c1-9(2)7-11(15(19)20)8-17-14(18)13-10(3)5-4-6-12(13)16/h4-6,9,11H,7-8H2,1-3H3,(H,17,18)(H,19,20). The molecule has 2 N–H and O–H groups in total. The first kappa shape index (κ1) is 16.9. The van der Waals surface area contributed by atoms with Crippen molar-refractivity contribution < 1.29 is 14.7 Å². The zero-order valence-corrected chi connectivity index (χ0v) is 14.1. The lowest BCUT2D eigenvalue weighted by molar-refractivity contribution is -0.142. The Morgan fingerprint density at radius 2 is 2.00 bits per heavy atom. The second-order valence-corrected chi connectivity index (χ2v) is 6.47. The highest BCUT2D eigenvalue weighted by molar-refractivity contribution is 14.1. The Labute approximate surface area is 133 Å². The highest BCUT2D eigenvalue weighted by atomic mass is 127. The summed E-state index contributed by atoms with van der Waals surface area (Å²) in [6, 6.07) is 5.64. The quantitative estimate of drug-likeness (QED) is 0.735. The first-order valence-electron chi connectivity index (χ1n) is 6.59. The monoisotopic (exact) mass is 389 g/mol. The molecule has 1 aromatic carbocycles. The highest BCUT2D eigenvalue weighted by Gasteiger charge is 2.21. The van der Waals surface area contributed by atoms with E-state index >= 15 is 0 Å². The maximum Gasteiger partial charge on any atom is 0.308 e. The molecule has 1 atom stereocenters. The van der Waals surface area contributed by atoms with Gasteiger partial charge in [0.15, 0.2) is 0 Å². The second kappa shape index (κ2) is 7.61. The fourth-order valence-electron chi connectivity index (χ4n) is 2.06. The van der Waals surface area contributed by atoms with Crippen molar-refractivity contribution in [3.8, 4) is 0 Å². The average Bonchev–Trinajstić information content (AvgIpc) is 2.33. The van der Waals surface area contributed by atoms with Gasteiger partial charge in [0.05, 0.1) is 11.5 Å². The highest BCUT2D eigenvalue weighted by Crippen LogP contribution is 2.17. The van der Waals surface area contributed by atoms with Crippen molar-refractivity contribution in [2.24, 2.45) is 11.8 Å². The maximum atomic E-state index is 12.2. The van der Waals surface area contributed by atoms with Crippen LogP contribution in [0, 0.1) is 22.3 Å². The first-order chi connectivity index (χ1) is 9.32. The van der Waals surface area contributed by atoms with Gasteiger partial charge in [0.25, 0.3) is 5.91 Å². The Morgan fingerprint density at radius 1 is 1.35 bits per heavy atom. The minimum Gasteiger partial charge on any atom is -0.481 e. The number of nitrogens with one attached hydrogen (secondary N) is 1. The molecule has 1 rings (SSSR count). The molecule has 0 aliphatic rings. The summed E-state index contributed by atoms with van der Waals surface area (Å²) in [5.74, 6) is -1.33. The molecule has 0 saturated carbocycles. The van der Waals surface area contributed by atoms with Crippen molar-refractivity contribution >= 4 is 34.5 Å². The van der Waals surface area contributed by atoms with Gasteiger partial charge in [0, 0.05) is 10.1 Å². The fraction of sp³-hybridized carbons (Fsp3) is 0.467. The average molecular weight is 389 g/mol. The molecule has 1 unspecified atom stereocenters. The molecular weight excluding hydrogens is 369 g/mol. The van der Waals surface area contributed by atoms with Crippen LogP contribution in [-0.4, -0.2) is 23.5 Å². The molecule has 0 radical (unpaired) electrons. The summed E-state index contributed by atoms with van der Waals surface area (Å²) in [5.41, 5.74) is 1.52. The Bertz CT molecular complexity index is 480. The summed E-state index contributed by atoms with van der Waals surface area (Å²) in [6.07, 6.45) is 0.556. The summed E-state index contributed by atoms with van der Waals surface area (Å²) in [6.45, 7) is 5.99. The third-order valence-electron chi connectivity index (χ3n) is 3.06. The van der Waals surface area contributed by atoms with Gasteiger partial charge in [-0.25, -0.2) is 0 Å². The smallest absolute Gasteiger partial charge is 0.308 e. The molecule has 0 spiro atoms. The Balaban J connectivity index is 2.73. The van der Waals surface area contributed by atoms with E-state index in [4.69, 9.17) is 5.11 Å². The number of carbonyl (C=O) groups is 2. The van der Waals surface area contributed by atoms with Crippen LogP contribution in [-0.2, 0) is 4.79 Å². The SMILES string of the molecule is Cc1cccc(I)c1C(=O)NCC(CC(C)C)C(=O)O. The van der Waals surface area contributed by atoms with Gasteiger partial charge in [0.2, 0.25) is 0 Å². The Hall–Kier alpha value is -1.11. The number of hydrogen-bond donors (Lipinski definition) is 2. The molecule has 1 amide bonds. The largest absolute Gasteiger partial charge is 0.481 e. The van der Waals surface area contributed by atoms with Crippen LogP contribution in [0.5, 0.6) is 0 Å². The summed E-state index contributed by atoms with van der Waals surface area (Å²) < 4.78 is 0.871. The molecule has 0 fully saturated rings. The third kappa shape index (κ3) is 4.77. The fourth-order valence-corrected chi connectivity index (χ4v) is 2.94. The van der Waals surface area contributed by atoms with E-state index in [1.54, 1.807) is 0 Å². The van der Waals surface area contributed by atoms with Gasteiger partial charge in [0.1, 0.15) is 0 Å². The van der Waals surface area contributed by atoms with Crippen LogP contribution in [0.25, 0.3) is 0 Å². The van der Waals surface area contributed by atoms with Gasteiger partial charge in [-0.2, -0.15) is 0 Å². The van der Waals surface area contributed by atoms with E-state index < -0.39 is 11.9 Å². The van der Waals surface area contributed by atoms with Crippen LogP contribution in [0.4, 0.5) is 0 Å².